The fourth-order valence-electron chi connectivity index (χ4n) is 5.41. The number of benzene rings is 3. The zero-order valence-electron chi connectivity index (χ0n) is 20.7. The Morgan fingerprint density at radius 2 is 1.68 bits per heavy atom. The fraction of sp³-hybridized carbons (Fsp3) is 0.226. The van der Waals surface area contributed by atoms with Crippen LogP contribution in [0.2, 0.25) is 0 Å². The molecule has 6 heteroatoms. The van der Waals surface area contributed by atoms with E-state index < -0.39 is 0 Å². The van der Waals surface area contributed by atoms with E-state index in [0.717, 1.165) is 64.3 Å². The van der Waals surface area contributed by atoms with Gasteiger partial charge in [0.25, 0.3) is 5.91 Å². The van der Waals surface area contributed by atoms with Gasteiger partial charge in [0.15, 0.2) is 5.17 Å². The van der Waals surface area contributed by atoms with E-state index in [9.17, 15) is 9.18 Å². The lowest BCUT2D eigenvalue weighted by atomic mass is 10.1. The standard InChI is InChI=1S/C31H28FN3OS/c1-21-27(26-13-7-8-14-28(26)34(21)20-22-15-17-23(32)18-16-22)19-29-30(36)35(25-11-5-6-12-25)31(37-29)33-24-9-3-2-4-10-24/h2-4,7-10,13-19,25H,5-6,11-12,20H2,1H3. The van der Waals surface area contributed by atoms with Gasteiger partial charge in [0.1, 0.15) is 5.82 Å². The van der Waals surface area contributed by atoms with E-state index in [1.807, 2.05) is 65.6 Å². The van der Waals surface area contributed by atoms with Crippen LogP contribution in [0.4, 0.5) is 10.1 Å². The number of halogens is 1. The van der Waals surface area contributed by atoms with Gasteiger partial charge < -0.3 is 4.57 Å². The molecule has 4 nitrogen and oxygen atoms in total. The number of amides is 1. The number of carbonyl (C=O) groups is 1. The molecule has 1 saturated carbocycles. The van der Waals surface area contributed by atoms with Gasteiger partial charge >= 0.3 is 0 Å². The number of fused-ring (bicyclic) bond motifs is 1. The van der Waals surface area contributed by atoms with E-state index >= 15 is 0 Å². The Kier molecular flexibility index (Phi) is 6.43. The number of thioether (sulfide) groups is 1. The summed E-state index contributed by atoms with van der Waals surface area (Å²) in [7, 11) is 0. The van der Waals surface area contributed by atoms with Crippen molar-refractivity contribution in [2.75, 3.05) is 0 Å². The first-order chi connectivity index (χ1) is 18.1. The Balaban J connectivity index is 1.42. The normalized spacial score (nSPS) is 18.6. The second kappa shape index (κ2) is 10.0. The molecule has 37 heavy (non-hydrogen) atoms. The summed E-state index contributed by atoms with van der Waals surface area (Å²) in [4.78, 5) is 21.3. The number of hydrogen-bond acceptors (Lipinski definition) is 3. The molecule has 2 fully saturated rings. The van der Waals surface area contributed by atoms with Crippen LogP contribution < -0.4 is 0 Å². The van der Waals surface area contributed by atoms with Gasteiger partial charge in [-0.15, -0.1) is 0 Å². The highest BCUT2D eigenvalue weighted by atomic mass is 32.2. The Hall–Kier alpha value is -3.64. The molecule has 1 amide bonds. The third kappa shape index (κ3) is 4.62. The smallest absolute Gasteiger partial charge is 0.267 e. The van der Waals surface area contributed by atoms with Crippen LogP contribution in [0, 0.1) is 12.7 Å². The van der Waals surface area contributed by atoms with Gasteiger partial charge in [-0.1, -0.05) is 61.4 Å². The number of aliphatic imine (C=N–C) groups is 1. The van der Waals surface area contributed by atoms with Crippen molar-refractivity contribution in [2.45, 2.75) is 45.2 Å². The minimum atomic E-state index is -0.236. The highest BCUT2D eigenvalue weighted by Crippen LogP contribution is 2.40. The van der Waals surface area contributed by atoms with Gasteiger partial charge in [-0.05, 0) is 73.5 Å². The zero-order chi connectivity index (χ0) is 25.4. The fourth-order valence-corrected chi connectivity index (χ4v) is 6.45. The van der Waals surface area contributed by atoms with Crippen LogP contribution in [0.15, 0.2) is 88.8 Å². The van der Waals surface area contributed by atoms with Gasteiger partial charge in [0, 0.05) is 34.7 Å². The van der Waals surface area contributed by atoms with Crippen LogP contribution in [-0.2, 0) is 11.3 Å². The number of rotatable bonds is 5. The first kappa shape index (κ1) is 23.7. The van der Waals surface area contributed by atoms with E-state index in [-0.39, 0.29) is 17.8 Å². The van der Waals surface area contributed by atoms with Crippen molar-refractivity contribution in [3.05, 3.63) is 106 Å². The van der Waals surface area contributed by atoms with Crippen LogP contribution >= 0.6 is 11.8 Å². The molecule has 4 aromatic rings. The van der Waals surface area contributed by atoms with Crippen molar-refractivity contribution in [1.29, 1.82) is 0 Å². The van der Waals surface area contributed by atoms with Crippen molar-refractivity contribution < 1.29 is 9.18 Å². The first-order valence-corrected chi connectivity index (χ1v) is 13.6. The Morgan fingerprint density at radius 3 is 2.43 bits per heavy atom. The first-order valence-electron chi connectivity index (χ1n) is 12.8. The minimum absolute atomic E-state index is 0.0429. The number of nitrogens with zero attached hydrogens (tertiary/aromatic N) is 3. The van der Waals surface area contributed by atoms with Gasteiger partial charge in [-0.3, -0.25) is 9.69 Å². The predicted octanol–water partition coefficient (Wildman–Crippen LogP) is 7.68. The van der Waals surface area contributed by atoms with Crippen LogP contribution in [-0.4, -0.2) is 26.6 Å². The molecule has 0 atom stereocenters. The monoisotopic (exact) mass is 509 g/mol. The molecule has 0 spiro atoms. The van der Waals surface area contributed by atoms with Gasteiger partial charge in [-0.25, -0.2) is 9.38 Å². The van der Waals surface area contributed by atoms with Crippen LogP contribution in [0.1, 0.15) is 42.5 Å². The van der Waals surface area contributed by atoms with Crippen molar-refractivity contribution >= 4 is 45.5 Å². The minimum Gasteiger partial charge on any atom is -0.340 e. The summed E-state index contributed by atoms with van der Waals surface area (Å²) in [5.74, 6) is -0.193. The number of amidine groups is 1. The molecule has 1 aliphatic heterocycles. The number of carbonyl (C=O) groups excluding carboxylic acids is 1. The van der Waals surface area contributed by atoms with Crippen molar-refractivity contribution in [3.8, 4) is 0 Å². The maximum atomic E-state index is 13.8. The third-order valence-corrected chi connectivity index (χ3v) is 8.30. The van der Waals surface area contributed by atoms with Crippen molar-refractivity contribution in [2.24, 2.45) is 4.99 Å². The molecule has 2 aliphatic rings. The van der Waals surface area contributed by atoms with Crippen LogP contribution in [0.3, 0.4) is 0 Å². The summed E-state index contributed by atoms with van der Waals surface area (Å²) in [6.07, 6.45) is 6.37. The summed E-state index contributed by atoms with van der Waals surface area (Å²) in [6.45, 7) is 2.72. The Morgan fingerprint density at radius 1 is 0.973 bits per heavy atom. The summed E-state index contributed by atoms with van der Waals surface area (Å²) < 4.78 is 15.7. The summed E-state index contributed by atoms with van der Waals surface area (Å²) in [5.41, 5.74) is 5.10. The van der Waals surface area contributed by atoms with Gasteiger partial charge in [-0.2, -0.15) is 0 Å². The molecule has 186 valence electrons. The topological polar surface area (TPSA) is 37.6 Å². The maximum Gasteiger partial charge on any atom is 0.267 e. The van der Waals surface area contributed by atoms with E-state index in [4.69, 9.17) is 4.99 Å². The average Bonchev–Trinajstić information content (AvgIpc) is 3.61. The molecule has 3 aromatic carbocycles. The summed E-state index contributed by atoms with van der Waals surface area (Å²) in [6, 6.07) is 25.0. The average molecular weight is 510 g/mol. The Bertz CT molecular complexity index is 1520. The predicted molar refractivity (Wildman–Crippen MR) is 150 cm³/mol. The molecule has 1 saturated heterocycles. The highest BCUT2D eigenvalue weighted by Gasteiger charge is 2.39. The molecule has 1 aromatic heterocycles. The second-order valence-corrected chi connectivity index (χ2v) is 10.7. The number of hydrogen-bond donors (Lipinski definition) is 0. The molecule has 6 rings (SSSR count). The lowest BCUT2D eigenvalue weighted by Gasteiger charge is -2.22. The zero-order valence-corrected chi connectivity index (χ0v) is 21.5. The number of para-hydroxylation sites is 2. The number of aromatic nitrogens is 1. The Labute approximate surface area is 220 Å². The van der Waals surface area contributed by atoms with E-state index in [0.29, 0.717) is 11.4 Å². The molecule has 0 unspecified atom stereocenters. The molecule has 2 heterocycles. The van der Waals surface area contributed by atoms with Crippen LogP contribution in [0.25, 0.3) is 17.0 Å². The van der Waals surface area contributed by atoms with Gasteiger partial charge in [0.2, 0.25) is 0 Å². The van der Waals surface area contributed by atoms with E-state index in [1.165, 1.54) is 23.9 Å². The quantitative estimate of drug-likeness (QED) is 0.259. The SMILES string of the molecule is Cc1c(C=C2SC(=Nc3ccccc3)N(C3CCCC3)C2=O)c2ccccc2n1Cc1ccc(F)cc1. The maximum absolute atomic E-state index is 13.8. The molecule has 0 bridgehead atoms. The molecule has 1 aliphatic carbocycles. The summed E-state index contributed by atoms with van der Waals surface area (Å²) >= 11 is 1.47. The third-order valence-electron chi connectivity index (χ3n) is 7.32. The van der Waals surface area contributed by atoms with Crippen molar-refractivity contribution in [1.82, 2.24) is 9.47 Å². The highest BCUT2D eigenvalue weighted by molar-refractivity contribution is 8.18. The van der Waals surface area contributed by atoms with E-state index in [2.05, 4.69) is 23.6 Å². The summed E-state index contributed by atoms with van der Waals surface area (Å²) in [5, 5.41) is 1.87. The van der Waals surface area contributed by atoms with Crippen molar-refractivity contribution in [3.63, 3.8) is 0 Å². The molecule has 0 N–H and O–H groups in total. The molecular weight excluding hydrogens is 481 g/mol. The second-order valence-electron chi connectivity index (χ2n) is 9.68. The van der Waals surface area contributed by atoms with Crippen LogP contribution in [0.5, 0.6) is 0 Å². The van der Waals surface area contributed by atoms with Gasteiger partial charge in [0.05, 0.1) is 10.6 Å². The van der Waals surface area contributed by atoms with E-state index in [1.54, 1.807) is 0 Å². The molecular formula is C31H28FN3OS. The lowest BCUT2D eigenvalue weighted by Crippen LogP contribution is -2.37. The largest absolute Gasteiger partial charge is 0.340 e. The lowest BCUT2D eigenvalue weighted by molar-refractivity contribution is -0.123. The molecule has 0 radical (unpaired) electrons.